The van der Waals surface area contributed by atoms with E-state index in [0.29, 0.717) is 6.42 Å². The van der Waals surface area contributed by atoms with Crippen molar-refractivity contribution in [2.75, 3.05) is 10.2 Å². The maximum atomic E-state index is 12.7. The summed E-state index contributed by atoms with van der Waals surface area (Å²) in [7, 11) is 0. The van der Waals surface area contributed by atoms with Crippen LogP contribution in [0.1, 0.15) is 23.6 Å². The molecular weight excluding hydrogens is 288 g/mol. The van der Waals surface area contributed by atoms with Gasteiger partial charge >= 0.3 is 0 Å². The molecule has 1 heterocycles. The lowest BCUT2D eigenvalue weighted by Gasteiger charge is -2.23. The number of anilines is 2. The van der Waals surface area contributed by atoms with Gasteiger partial charge < -0.3 is 5.32 Å². The molecule has 0 aromatic heterocycles. The molecule has 118 valence electrons. The molecule has 0 radical (unpaired) electrons. The number of benzene rings is 2. The molecule has 0 saturated heterocycles. The highest BCUT2D eigenvalue weighted by Crippen LogP contribution is 2.32. The summed E-state index contributed by atoms with van der Waals surface area (Å²) in [4.78, 5) is 26.4. The molecule has 4 heteroatoms. The minimum atomic E-state index is -0.495. The van der Waals surface area contributed by atoms with Gasteiger partial charge in [-0.1, -0.05) is 35.9 Å². The highest BCUT2D eigenvalue weighted by Gasteiger charge is 2.36. The summed E-state index contributed by atoms with van der Waals surface area (Å²) in [5.74, 6) is -0.265. The molecule has 0 spiro atoms. The van der Waals surface area contributed by atoms with Gasteiger partial charge in [0.1, 0.15) is 6.04 Å². The Morgan fingerprint density at radius 3 is 2.57 bits per heavy atom. The number of fused-ring (bicyclic) bond motifs is 1. The molecule has 0 saturated carbocycles. The molecule has 1 N–H and O–H groups in total. The van der Waals surface area contributed by atoms with Gasteiger partial charge in [-0.3, -0.25) is 14.5 Å². The van der Waals surface area contributed by atoms with E-state index in [1.54, 1.807) is 4.90 Å². The lowest BCUT2D eigenvalue weighted by atomic mass is 10.1. The number of nitrogens with zero attached hydrogens (tertiary/aromatic N) is 1. The van der Waals surface area contributed by atoms with Crippen molar-refractivity contribution >= 4 is 23.2 Å². The second-order valence-electron chi connectivity index (χ2n) is 6.05. The molecular formula is C19H20N2O2. The molecule has 23 heavy (non-hydrogen) atoms. The normalized spacial score (nSPS) is 16.1. The van der Waals surface area contributed by atoms with E-state index in [4.69, 9.17) is 0 Å². The van der Waals surface area contributed by atoms with Gasteiger partial charge in [-0.25, -0.2) is 0 Å². The van der Waals surface area contributed by atoms with E-state index in [-0.39, 0.29) is 11.8 Å². The topological polar surface area (TPSA) is 49.4 Å². The lowest BCUT2D eigenvalue weighted by molar-refractivity contribution is -0.122. The third-order valence-corrected chi connectivity index (χ3v) is 4.26. The van der Waals surface area contributed by atoms with E-state index >= 15 is 0 Å². The molecule has 3 rings (SSSR count). The number of hydrogen-bond donors (Lipinski definition) is 1. The van der Waals surface area contributed by atoms with Crippen LogP contribution in [0.15, 0.2) is 42.5 Å². The van der Waals surface area contributed by atoms with Crippen LogP contribution in [0.4, 0.5) is 11.4 Å². The summed E-state index contributed by atoms with van der Waals surface area (Å²) >= 11 is 0. The van der Waals surface area contributed by atoms with E-state index in [1.165, 1.54) is 6.92 Å². The highest BCUT2D eigenvalue weighted by atomic mass is 16.2. The van der Waals surface area contributed by atoms with Gasteiger partial charge in [0.2, 0.25) is 11.8 Å². The molecule has 0 bridgehead atoms. The maximum Gasteiger partial charge on any atom is 0.247 e. The Hall–Kier alpha value is -2.62. The number of para-hydroxylation sites is 1. The van der Waals surface area contributed by atoms with Crippen LogP contribution in [0.5, 0.6) is 0 Å². The molecule has 1 atom stereocenters. The van der Waals surface area contributed by atoms with E-state index in [0.717, 1.165) is 28.1 Å². The Balaban J connectivity index is 1.86. The first-order valence-corrected chi connectivity index (χ1v) is 7.73. The van der Waals surface area contributed by atoms with Gasteiger partial charge in [-0.05, 0) is 37.1 Å². The van der Waals surface area contributed by atoms with E-state index in [1.807, 2.05) is 56.3 Å². The second kappa shape index (κ2) is 5.88. The van der Waals surface area contributed by atoms with E-state index in [2.05, 4.69) is 5.32 Å². The van der Waals surface area contributed by atoms with Gasteiger partial charge in [0, 0.05) is 24.7 Å². The number of carbonyl (C=O) groups is 2. The SMILES string of the molecule is CC(=O)N1c2ccccc2C[C@@H]1C(=O)Nc1ccc(C)cc1C. The van der Waals surface area contributed by atoms with Crippen molar-refractivity contribution in [3.63, 3.8) is 0 Å². The first-order valence-electron chi connectivity index (χ1n) is 7.73. The summed E-state index contributed by atoms with van der Waals surface area (Å²) in [6.45, 7) is 5.48. The van der Waals surface area contributed by atoms with Gasteiger partial charge in [0.05, 0.1) is 0 Å². The van der Waals surface area contributed by atoms with Crippen LogP contribution in [0.25, 0.3) is 0 Å². The molecule has 1 aliphatic heterocycles. The fraction of sp³-hybridized carbons (Fsp3) is 0.263. The number of nitrogens with one attached hydrogen (secondary N) is 1. The van der Waals surface area contributed by atoms with Gasteiger partial charge in [-0.15, -0.1) is 0 Å². The van der Waals surface area contributed by atoms with Crippen molar-refractivity contribution in [2.45, 2.75) is 33.2 Å². The van der Waals surface area contributed by atoms with Crippen LogP contribution in [0.2, 0.25) is 0 Å². The van der Waals surface area contributed by atoms with Gasteiger partial charge in [-0.2, -0.15) is 0 Å². The van der Waals surface area contributed by atoms with E-state index in [9.17, 15) is 9.59 Å². The Bertz CT molecular complexity index is 783. The Morgan fingerprint density at radius 2 is 1.87 bits per heavy atom. The third kappa shape index (κ3) is 2.84. The summed E-state index contributed by atoms with van der Waals surface area (Å²) in [6, 6.07) is 13.1. The molecule has 1 aliphatic rings. The fourth-order valence-corrected chi connectivity index (χ4v) is 3.15. The highest BCUT2D eigenvalue weighted by molar-refractivity contribution is 6.06. The van der Waals surface area contributed by atoms with Crippen LogP contribution in [0.3, 0.4) is 0 Å². The number of aryl methyl sites for hydroxylation is 2. The third-order valence-electron chi connectivity index (χ3n) is 4.26. The van der Waals surface area contributed by atoms with Crippen molar-refractivity contribution in [1.29, 1.82) is 0 Å². The summed E-state index contributed by atoms with van der Waals surface area (Å²) < 4.78 is 0. The molecule has 2 aromatic carbocycles. The van der Waals surface area contributed by atoms with E-state index < -0.39 is 6.04 Å². The van der Waals surface area contributed by atoms with Crippen molar-refractivity contribution in [3.8, 4) is 0 Å². The summed E-state index contributed by atoms with van der Waals surface area (Å²) in [6.07, 6.45) is 0.548. The zero-order valence-electron chi connectivity index (χ0n) is 13.6. The molecule has 0 fully saturated rings. The van der Waals surface area contributed by atoms with Crippen LogP contribution in [-0.2, 0) is 16.0 Å². The summed E-state index contributed by atoms with van der Waals surface area (Å²) in [5.41, 5.74) is 4.83. The van der Waals surface area contributed by atoms with Crippen molar-refractivity contribution in [2.24, 2.45) is 0 Å². The Kier molecular flexibility index (Phi) is 3.90. The van der Waals surface area contributed by atoms with Gasteiger partial charge in [0.25, 0.3) is 0 Å². The second-order valence-corrected chi connectivity index (χ2v) is 6.05. The first kappa shape index (κ1) is 15.3. The quantitative estimate of drug-likeness (QED) is 0.926. The molecule has 2 aromatic rings. The summed E-state index contributed by atoms with van der Waals surface area (Å²) in [5, 5.41) is 2.97. The maximum absolute atomic E-state index is 12.7. The van der Waals surface area contributed by atoms with Gasteiger partial charge in [0.15, 0.2) is 0 Å². The standard InChI is InChI=1S/C19H20N2O2/c1-12-8-9-16(13(2)10-12)20-19(23)18-11-15-6-4-5-7-17(15)21(18)14(3)22/h4-10,18H,11H2,1-3H3,(H,20,23)/t18-/m1/s1. The minimum Gasteiger partial charge on any atom is -0.324 e. The molecule has 2 amide bonds. The fourth-order valence-electron chi connectivity index (χ4n) is 3.15. The molecule has 0 aliphatic carbocycles. The predicted octanol–water partition coefficient (Wildman–Crippen LogP) is 3.22. The smallest absolute Gasteiger partial charge is 0.247 e. The van der Waals surface area contributed by atoms with Crippen LogP contribution in [0, 0.1) is 13.8 Å². The molecule has 4 nitrogen and oxygen atoms in total. The monoisotopic (exact) mass is 308 g/mol. The average molecular weight is 308 g/mol. The zero-order valence-corrected chi connectivity index (χ0v) is 13.6. The Morgan fingerprint density at radius 1 is 1.13 bits per heavy atom. The molecule has 0 unspecified atom stereocenters. The van der Waals surface area contributed by atoms with Crippen LogP contribution >= 0.6 is 0 Å². The largest absolute Gasteiger partial charge is 0.324 e. The van der Waals surface area contributed by atoms with Crippen molar-refractivity contribution in [1.82, 2.24) is 0 Å². The van der Waals surface area contributed by atoms with Crippen molar-refractivity contribution in [3.05, 3.63) is 59.2 Å². The minimum absolute atomic E-state index is 0.115. The lowest BCUT2D eigenvalue weighted by Crippen LogP contribution is -2.44. The first-order chi connectivity index (χ1) is 11.0. The predicted molar refractivity (Wildman–Crippen MR) is 91.6 cm³/mol. The van der Waals surface area contributed by atoms with Crippen LogP contribution < -0.4 is 10.2 Å². The number of amides is 2. The number of rotatable bonds is 2. The van der Waals surface area contributed by atoms with Crippen molar-refractivity contribution < 1.29 is 9.59 Å². The average Bonchev–Trinajstić information content (AvgIpc) is 2.89. The number of carbonyl (C=O) groups excluding carboxylic acids is 2. The van der Waals surface area contributed by atoms with Crippen LogP contribution in [-0.4, -0.2) is 17.9 Å². The Labute approximate surface area is 136 Å². The zero-order chi connectivity index (χ0) is 16.6. The number of hydrogen-bond acceptors (Lipinski definition) is 2.